The predicted molar refractivity (Wildman–Crippen MR) is 117 cm³/mol. The number of quaternary nitrogens is 1. The zero-order valence-corrected chi connectivity index (χ0v) is 19.3. The van der Waals surface area contributed by atoms with E-state index in [0.717, 1.165) is 0 Å². The van der Waals surface area contributed by atoms with Gasteiger partial charge in [-0.25, -0.2) is 0 Å². The summed E-state index contributed by atoms with van der Waals surface area (Å²) in [5, 5.41) is 0. The fourth-order valence-electron chi connectivity index (χ4n) is 4.11. The number of rotatable bonds is 17. The quantitative estimate of drug-likeness (QED) is 0.264. The summed E-state index contributed by atoms with van der Waals surface area (Å²) < 4.78 is 1.32. The standard InChI is InChI=1S/C25H46N.ClH/c1-4-7-10-11-12-13-14-18-23-26(21-8-5-2,22-9-6-3)24-25-19-16-15-17-20-25;/h15-17,19-20H,4-14,18,21-24H2,1-3H3;1H/q+1;/p-1. The summed E-state index contributed by atoms with van der Waals surface area (Å²) in [5.41, 5.74) is 1.53. The Kier molecular flexibility index (Phi) is 17.2. The van der Waals surface area contributed by atoms with E-state index in [1.54, 1.807) is 0 Å². The monoisotopic (exact) mass is 395 g/mol. The Labute approximate surface area is 176 Å². The van der Waals surface area contributed by atoms with Crippen molar-refractivity contribution < 1.29 is 16.9 Å². The highest BCUT2D eigenvalue weighted by Gasteiger charge is 2.26. The minimum atomic E-state index is 0. The number of nitrogens with zero attached hydrogens (tertiary/aromatic N) is 1. The maximum atomic E-state index is 2.34. The van der Waals surface area contributed by atoms with Crippen LogP contribution in [-0.2, 0) is 6.54 Å². The predicted octanol–water partition coefficient (Wildman–Crippen LogP) is 4.75. The lowest BCUT2D eigenvalue weighted by Gasteiger charge is -2.39. The minimum Gasteiger partial charge on any atom is -1.00 e. The second-order valence-electron chi connectivity index (χ2n) is 8.34. The van der Waals surface area contributed by atoms with Crippen LogP contribution in [0.3, 0.4) is 0 Å². The van der Waals surface area contributed by atoms with Crippen LogP contribution in [0.15, 0.2) is 30.3 Å². The number of benzene rings is 1. The maximum absolute atomic E-state index is 2.34. The van der Waals surface area contributed by atoms with E-state index in [9.17, 15) is 0 Å². The van der Waals surface area contributed by atoms with Crippen molar-refractivity contribution in [2.75, 3.05) is 19.6 Å². The lowest BCUT2D eigenvalue weighted by molar-refractivity contribution is -0.941. The first kappa shape index (κ1) is 26.5. The number of hydrogen-bond donors (Lipinski definition) is 0. The SMILES string of the molecule is CCCCCCCCCC[N+](CCCC)(CCCC)Cc1ccccc1.[Cl-]. The van der Waals surface area contributed by atoms with Crippen LogP contribution >= 0.6 is 0 Å². The molecule has 0 heterocycles. The highest BCUT2D eigenvalue weighted by atomic mass is 35.5. The Morgan fingerprint density at radius 3 is 1.52 bits per heavy atom. The van der Waals surface area contributed by atoms with Crippen molar-refractivity contribution in [2.45, 2.75) is 104 Å². The fourth-order valence-corrected chi connectivity index (χ4v) is 4.11. The van der Waals surface area contributed by atoms with Crippen molar-refractivity contribution >= 4 is 0 Å². The van der Waals surface area contributed by atoms with E-state index in [-0.39, 0.29) is 12.4 Å². The molecule has 0 fully saturated rings. The molecular weight excluding hydrogens is 350 g/mol. The topological polar surface area (TPSA) is 0 Å². The molecule has 1 rings (SSSR count). The van der Waals surface area contributed by atoms with Gasteiger partial charge < -0.3 is 16.9 Å². The van der Waals surface area contributed by atoms with Gasteiger partial charge in [0.25, 0.3) is 0 Å². The molecule has 0 amide bonds. The summed E-state index contributed by atoms with van der Waals surface area (Å²) in [6, 6.07) is 11.2. The van der Waals surface area contributed by atoms with Crippen LogP contribution < -0.4 is 12.4 Å². The zero-order chi connectivity index (χ0) is 18.9. The molecule has 0 aliphatic rings. The summed E-state index contributed by atoms with van der Waals surface area (Å²) in [5.74, 6) is 0. The molecule has 0 radical (unpaired) electrons. The molecule has 2 heteroatoms. The van der Waals surface area contributed by atoms with E-state index in [1.165, 1.54) is 113 Å². The number of hydrogen-bond acceptors (Lipinski definition) is 0. The van der Waals surface area contributed by atoms with E-state index < -0.39 is 0 Å². The van der Waals surface area contributed by atoms with Gasteiger partial charge in [0.05, 0.1) is 19.6 Å². The van der Waals surface area contributed by atoms with Crippen LogP contribution in [0, 0.1) is 0 Å². The second-order valence-corrected chi connectivity index (χ2v) is 8.34. The van der Waals surface area contributed by atoms with Crippen LogP contribution in [0.25, 0.3) is 0 Å². The molecule has 0 aliphatic carbocycles. The second kappa shape index (κ2) is 17.6. The molecule has 158 valence electrons. The van der Waals surface area contributed by atoms with E-state index in [4.69, 9.17) is 0 Å². The lowest BCUT2D eigenvalue weighted by Crippen LogP contribution is -3.00. The fraction of sp³-hybridized carbons (Fsp3) is 0.760. The third kappa shape index (κ3) is 12.5. The highest BCUT2D eigenvalue weighted by Crippen LogP contribution is 2.21. The first-order valence-electron chi connectivity index (χ1n) is 11.7. The molecule has 0 N–H and O–H groups in total. The van der Waals surface area contributed by atoms with Crippen molar-refractivity contribution in [3.05, 3.63) is 35.9 Å². The van der Waals surface area contributed by atoms with Crippen LogP contribution in [0.2, 0.25) is 0 Å². The Morgan fingerprint density at radius 1 is 0.556 bits per heavy atom. The molecule has 0 spiro atoms. The summed E-state index contributed by atoms with van der Waals surface area (Å²) >= 11 is 0. The Balaban J connectivity index is 0.00000676. The molecule has 27 heavy (non-hydrogen) atoms. The van der Waals surface area contributed by atoms with Crippen molar-refractivity contribution in [1.82, 2.24) is 0 Å². The Bertz CT molecular complexity index is 410. The van der Waals surface area contributed by atoms with Gasteiger partial charge in [0.1, 0.15) is 6.54 Å². The van der Waals surface area contributed by atoms with Crippen LogP contribution in [0.4, 0.5) is 0 Å². The third-order valence-corrected chi connectivity index (χ3v) is 5.82. The summed E-state index contributed by atoms with van der Waals surface area (Å²) in [7, 11) is 0. The first-order valence-corrected chi connectivity index (χ1v) is 11.7. The molecule has 1 nitrogen and oxygen atoms in total. The number of unbranched alkanes of at least 4 members (excludes halogenated alkanes) is 9. The van der Waals surface area contributed by atoms with Gasteiger partial charge in [0, 0.05) is 5.56 Å². The molecule has 0 saturated carbocycles. The van der Waals surface area contributed by atoms with Crippen molar-refractivity contribution in [2.24, 2.45) is 0 Å². The third-order valence-electron chi connectivity index (χ3n) is 5.82. The van der Waals surface area contributed by atoms with E-state index in [1.807, 2.05) is 0 Å². The molecule has 0 saturated heterocycles. The van der Waals surface area contributed by atoms with Crippen LogP contribution in [0.5, 0.6) is 0 Å². The maximum Gasteiger partial charge on any atom is 0.104 e. The summed E-state index contributed by atoms with van der Waals surface area (Å²) in [6.45, 7) is 12.3. The molecule has 0 bridgehead atoms. The Hall–Kier alpha value is -0.530. The van der Waals surface area contributed by atoms with Crippen molar-refractivity contribution in [3.8, 4) is 0 Å². The van der Waals surface area contributed by atoms with Gasteiger partial charge in [0.15, 0.2) is 0 Å². The van der Waals surface area contributed by atoms with Gasteiger partial charge in [-0.3, -0.25) is 0 Å². The van der Waals surface area contributed by atoms with E-state index in [0.29, 0.717) is 0 Å². The molecular formula is C25H46ClN. The zero-order valence-electron chi connectivity index (χ0n) is 18.5. The average Bonchev–Trinajstić information content (AvgIpc) is 2.67. The van der Waals surface area contributed by atoms with E-state index >= 15 is 0 Å². The first-order chi connectivity index (χ1) is 12.8. The van der Waals surface area contributed by atoms with Crippen molar-refractivity contribution in [3.63, 3.8) is 0 Å². The molecule has 0 aromatic heterocycles. The highest BCUT2D eigenvalue weighted by molar-refractivity contribution is 5.13. The number of halogens is 1. The van der Waals surface area contributed by atoms with Gasteiger partial charge in [-0.2, -0.15) is 0 Å². The average molecular weight is 396 g/mol. The van der Waals surface area contributed by atoms with E-state index in [2.05, 4.69) is 51.1 Å². The summed E-state index contributed by atoms with van der Waals surface area (Å²) in [6.07, 6.45) is 16.8. The smallest absolute Gasteiger partial charge is 0.104 e. The van der Waals surface area contributed by atoms with Gasteiger partial charge in [0.2, 0.25) is 0 Å². The minimum absolute atomic E-state index is 0. The Morgan fingerprint density at radius 2 is 1.00 bits per heavy atom. The van der Waals surface area contributed by atoms with Crippen LogP contribution in [0.1, 0.15) is 103 Å². The van der Waals surface area contributed by atoms with Gasteiger partial charge in [-0.1, -0.05) is 102 Å². The molecule has 0 unspecified atom stereocenters. The van der Waals surface area contributed by atoms with Gasteiger partial charge >= 0.3 is 0 Å². The lowest BCUT2D eigenvalue weighted by atomic mass is 10.1. The normalized spacial score (nSPS) is 11.4. The van der Waals surface area contributed by atoms with Gasteiger partial charge in [-0.15, -0.1) is 0 Å². The summed E-state index contributed by atoms with van der Waals surface area (Å²) in [4.78, 5) is 0. The molecule has 1 aromatic carbocycles. The molecule has 0 aliphatic heterocycles. The van der Waals surface area contributed by atoms with Crippen LogP contribution in [-0.4, -0.2) is 24.1 Å². The molecule has 1 aromatic rings. The van der Waals surface area contributed by atoms with Gasteiger partial charge in [-0.05, 0) is 25.7 Å². The molecule has 0 atom stereocenters. The largest absolute Gasteiger partial charge is 1.00 e. The van der Waals surface area contributed by atoms with Crippen molar-refractivity contribution in [1.29, 1.82) is 0 Å².